The number of anilines is 1. The Balaban J connectivity index is 1.88. The highest BCUT2D eigenvalue weighted by Gasteiger charge is 2.24. The normalized spacial score (nSPS) is 12.0. The van der Waals surface area contributed by atoms with E-state index in [1.807, 2.05) is 46.1 Å². The number of hydrogen-bond acceptors (Lipinski definition) is 7. The van der Waals surface area contributed by atoms with Gasteiger partial charge in [-0.15, -0.1) is 0 Å². The highest BCUT2D eigenvalue weighted by molar-refractivity contribution is 7.89. The predicted molar refractivity (Wildman–Crippen MR) is 147 cm³/mol. The molecule has 3 aromatic rings. The molecule has 0 aliphatic heterocycles. The molecule has 0 spiro atoms. The summed E-state index contributed by atoms with van der Waals surface area (Å²) >= 11 is 1.44. The minimum absolute atomic E-state index is 0.181. The number of thiazole rings is 1. The van der Waals surface area contributed by atoms with Crippen molar-refractivity contribution >= 4 is 42.6 Å². The van der Waals surface area contributed by atoms with Crippen LogP contribution in [-0.2, 0) is 10.0 Å². The van der Waals surface area contributed by atoms with Crippen LogP contribution in [0.25, 0.3) is 10.2 Å². The minimum Gasteiger partial charge on any atom is -0.494 e. The number of carbonyl (C=O) groups excluding carboxylic acids is 1. The molecular formula is C26H36N4O4S2. The van der Waals surface area contributed by atoms with E-state index in [0.29, 0.717) is 30.4 Å². The molecule has 8 nitrogen and oxygen atoms in total. The molecule has 1 aromatic heterocycles. The number of ether oxygens (including phenoxy) is 1. The number of amides is 1. The van der Waals surface area contributed by atoms with E-state index in [-0.39, 0.29) is 10.8 Å². The molecule has 0 unspecified atom stereocenters. The van der Waals surface area contributed by atoms with Gasteiger partial charge < -0.3 is 9.64 Å². The topological polar surface area (TPSA) is 83.1 Å². The fraction of sp³-hybridized carbons (Fsp3) is 0.462. The first kappa shape index (κ1) is 28.0. The molecule has 0 fully saturated rings. The number of carbonyl (C=O) groups is 1. The number of sulfonamides is 1. The smallest absolute Gasteiger partial charge is 0.260 e. The second kappa shape index (κ2) is 12.6. The lowest BCUT2D eigenvalue weighted by molar-refractivity contribution is 0.0986. The molecule has 10 heteroatoms. The Kier molecular flexibility index (Phi) is 9.84. The molecule has 36 heavy (non-hydrogen) atoms. The van der Waals surface area contributed by atoms with Crippen molar-refractivity contribution in [1.29, 1.82) is 0 Å². The molecule has 0 atom stereocenters. The average Bonchev–Trinajstić information content (AvgIpc) is 3.28. The molecule has 3 rings (SSSR count). The second-order valence-corrected chi connectivity index (χ2v) is 11.9. The van der Waals surface area contributed by atoms with Crippen molar-refractivity contribution in [3.8, 4) is 5.75 Å². The van der Waals surface area contributed by atoms with E-state index in [1.54, 1.807) is 24.1 Å². The van der Waals surface area contributed by atoms with Gasteiger partial charge in [-0.1, -0.05) is 24.7 Å². The zero-order valence-electron chi connectivity index (χ0n) is 21.7. The Hall–Kier alpha value is -2.53. The van der Waals surface area contributed by atoms with E-state index >= 15 is 0 Å². The van der Waals surface area contributed by atoms with Crippen molar-refractivity contribution < 1.29 is 17.9 Å². The maximum Gasteiger partial charge on any atom is 0.260 e. The van der Waals surface area contributed by atoms with Gasteiger partial charge in [-0.2, -0.15) is 0 Å². The molecule has 0 bridgehead atoms. The Morgan fingerprint density at radius 1 is 0.972 bits per heavy atom. The summed E-state index contributed by atoms with van der Waals surface area (Å²) in [7, 11) is 1.98. The van der Waals surface area contributed by atoms with Crippen molar-refractivity contribution in [2.45, 2.75) is 38.0 Å². The van der Waals surface area contributed by atoms with Gasteiger partial charge in [0.1, 0.15) is 5.75 Å². The Bertz CT molecular complexity index is 1260. The van der Waals surface area contributed by atoms with Crippen molar-refractivity contribution in [2.75, 3.05) is 52.3 Å². The molecule has 0 saturated carbocycles. The van der Waals surface area contributed by atoms with Crippen LogP contribution >= 0.6 is 11.3 Å². The van der Waals surface area contributed by atoms with Crippen LogP contribution in [0.3, 0.4) is 0 Å². The molecule has 0 aliphatic rings. The van der Waals surface area contributed by atoms with E-state index in [9.17, 15) is 13.2 Å². The quantitative estimate of drug-likeness (QED) is 0.317. The van der Waals surface area contributed by atoms with E-state index < -0.39 is 10.0 Å². The van der Waals surface area contributed by atoms with Crippen LogP contribution in [0.1, 0.15) is 43.5 Å². The standard InChI is InChI=1S/C26H36N4O4S2/c1-6-8-17-29(5)36(32,33)22-13-10-20(11-14-22)25(31)30(18-9-16-28(3)4)26-27-23-15-12-21(34-7-2)19-24(23)35-26/h10-15,19H,6-9,16-18H2,1-5H3. The molecule has 2 aromatic carbocycles. The van der Waals surface area contributed by atoms with Crippen molar-refractivity contribution in [3.63, 3.8) is 0 Å². The van der Waals surface area contributed by atoms with Gasteiger partial charge in [0, 0.05) is 25.7 Å². The van der Waals surface area contributed by atoms with E-state index in [4.69, 9.17) is 9.72 Å². The fourth-order valence-electron chi connectivity index (χ4n) is 3.70. The van der Waals surface area contributed by atoms with Crippen LogP contribution in [0, 0.1) is 0 Å². The van der Waals surface area contributed by atoms with Crippen LogP contribution in [0.5, 0.6) is 5.75 Å². The van der Waals surface area contributed by atoms with Gasteiger partial charge in [0.2, 0.25) is 10.0 Å². The first-order valence-corrected chi connectivity index (χ1v) is 14.5. The monoisotopic (exact) mass is 532 g/mol. The van der Waals surface area contributed by atoms with Gasteiger partial charge in [0.05, 0.1) is 21.7 Å². The van der Waals surface area contributed by atoms with E-state index in [2.05, 4.69) is 4.90 Å². The molecule has 0 saturated heterocycles. The van der Waals surface area contributed by atoms with Gasteiger partial charge in [-0.05, 0) is 82.9 Å². The molecular weight excluding hydrogens is 496 g/mol. The molecule has 0 radical (unpaired) electrons. The Morgan fingerprint density at radius 2 is 1.69 bits per heavy atom. The fourth-order valence-corrected chi connectivity index (χ4v) is 5.93. The van der Waals surface area contributed by atoms with Crippen LogP contribution < -0.4 is 9.64 Å². The summed E-state index contributed by atoms with van der Waals surface area (Å²) in [6, 6.07) is 11.9. The minimum atomic E-state index is -3.60. The number of hydrogen-bond donors (Lipinski definition) is 0. The summed E-state index contributed by atoms with van der Waals surface area (Å²) in [6.07, 6.45) is 2.48. The van der Waals surface area contributed by atoms with Crippen molar-refractivity contribution in [1.82, 2.24) is 14.2 Å². The highest BCUT2D eigenvalue weighted by atomic mass is 32.2. The predicted octanol–water partition coefficient (Wildman–Crippen LogP) is 4.71. The van der Waals surface area contributed by atoms with Crippen LogP contribution in [0.15, 0.2) is 47.4 Å². The SMILES string of the molecule is CCCCN(C)S(=O)(=O)c1ccc(C(=O)N(CCCN(C)C)c2nc3ccc(OCC)cc3s2)cc1. The Morgan fingerprint density at radius 3 is 2.33 bits per heavy atom. The number of rotatable bonds is 13. The zero-order chi connectivity index (χ0) is 26.3. The van der Waals surface area contributed by atoms with Gasteiger partial charge in [0.25, 0.3) is 5.91 Å². The molecule has 1 heterocycles. The average molecular weight is 533 g/mol. The van der Waals surface area contributed by atoms with Gasteiger partial charge >= 0.3 is 0 Å². The molecule has 0 aliphatic carbocycles. The van der Waals surface area contributed by atoms with Crippen LogP contribution in [0.2, 0.25) is 0 Å². The highest BCUT2D eigenvalue weighted by Crippen LogP contribution is 2.32. The third-order valence-corrected chi connectivity index (χ3v) is 8.67. The summed E-state index contributed by atoms with van der Waals surface area (Å²) < 4.78 is 33.6. The van der Waals surface area contributed by atoms with Crippen LogP contribution in [0.4, 0.5) is 5.13 Å². The van der Waals surface area contributed by atoms with Crippen LogP contribution in [-0.4, -0.2) is 75.9 Å². The van der Waals surface area contributed by atoms with E-state index in [1.165, 1.54) is 27.8 Å². The maximum absolute atomic E-state index is 13.6. The first-order valence-electron chi connectivity index (χ1n) is 12.2. The number of nitrogens with zero attached hydrogens (tertiary/aromatic N) is 4. The summed E-state index contributed by atoms with van der Waals surface area (Å²) in [4.78, 5) is 22.3. The summed E-state index contributed by atoms with van der Waals surface area (Å²) in [5.74, 6) is 0.563. The lowest BCUT2D eigenvalue weighted by Gasteiger charge is -2.21. The number of unbranched alkanes of at least 4 members (excludes halogenated alkanes) is 1. The first-order chi connectivity index (χ1) is 17.2. The summed E-state index contributed by atoms with van der Waals surface area (Å²) in [5, 5.41) is 0.610. The maximum atomic E-state index is 13.6. The third kappa shape index (κ3) is 6.82. The Labute approximate surface area is 218 Å². The largest absolute Gasteiger partial charge is 0.494 e. The number of fused-ring (bicyclic) bond motifs is 1. The molecule has 196 valence electrons. The number of benzene rings is 2. The second-order valence-electron chi connectivity index (χ2n) is 8.88. The van der Waals surface area contributed by atoms with Gasteiger partial charge in [-0.25, -0.2) is 17.7 Å². The van der Waals surface area contributed by atoms with Crippen molar-refractivity contribution in [3.05, 3.63) is 48.0 Å². The lowest BCUT2D eigenvalue weighted by Crippen LogP contribution is -2.33. The van der Waals surface area contributed by atoms with E-state index in [0.717, 1.165) is 41.8 Å². The summed E-state index contributed by atoms with van der Waals surface area (Å²) in [5.41, 5.74) is 1.23. The van der Waals surface area contributed by atoms with Crippen molar-refractivity contribution in [2.24, 2.45) is 0 Å². The molecule has 0 N–H and O–H groups in total. The van der Waals surface area contributed by atoms with Gasteiger partial charge in [0.15, 0.2) is 5.13 Å². The number of aromatic nitrogens is 1. The third-order valence-electron chi connectivity index (χ3n) is 5.76. The zero-order valence-corrected chi connectivity index (χ0v) is 23.4. The molecule has 1 amide bonds. The van der Waals surface area contributed by atoms with Gasteiger partial charge in [-0.3, -0.25) is 9.69 Å². The lowest BCUT2D eigenvalue weighted by atomic mass is 10.2. The summed E-state index contributed by atoms with van der Waals surface area (Å²) in [6.45, 7) is 6.31.